The minimum absolute atomic E-state index is 0.195. The Labute approximate surface area is 83.9 Å². The van der Waals surface area contributed by atoms with Crippen LogP contribution in [0.1, 0.15) is 37.4 Å². The zero-order chi connectivity index (χ0) is 9.80. The average molecular weight is 192 g/mol. The third kappa shape index (κ3) is 1.91. The van der Waals surface area contributed by atoms with Crippen molar-refractivity contribution in [3.8, 4) is 0 Å². The summed E-state index contributed by atoms with van der Waals surface area (Å²) in [7, 11) is 0. The molecule has 1 atom stereocenters. The number of nitrogens with zero attached hydrogens (tertiary/aromatic N) is 2. The number of hydrazine groups is 1. The van der Waals surface area contributed by atoms with Gasteiger partial charge in [-0.25, -0.2) is 9.97 Å². The van der Waals surface area contributed by atoms with Gasteiger partial charge < -0.3 is 0 Å². The van der Waals surface area contributed by atoms with Gasteiger partial charge in [0.2, 0.25) is 0 Å². The Kier molecular flexibility index (Phi) is 3.06. The van der Waals surface area contributed by atoms with Crippen molar-refractivity contribution in [3.63, 3.8) is 0 Å². The van der Waals surface area contributed by atoms with Crippen LogP contribution < -0.4 is 11.3 Å². The van der Waals surface area contributed by atoms with E-state index in [2.05, 4.69) is 15.4 Å². The number of nitrogens with one attached hydrogen (secondary N) is 1. The molecule has 0 aliphatic heterocycles. The Morgan fingerprint density at radius 2 is 2.21 bits per heavy atom. The Morgan fingerprint density at radius 1 is 1.43 bits per heavy atom. The molecule has 1 aliphatic carbocycles. The highest BCUT2D eigenvalue weighted by Crippen LogP contribution is 2.34. The van der Waals surface area contributed by atoms with Crippen molar-refractivity contribution in [2.45, 2.75) is 31.7 Å². The Morgan fingerprint density at radius 3 is 2.79 bits per heavy atom. The van der Waals surface area contributed by atoms with Gasteiger partial charge in [-0.15, -0.1) is 0 Å². The third-order valence-electron chi connectivity index (χ3n) is 2.97. The van der Waals surface area contributed by atoms with E-state index in [-0.39, 0.29) is 6.04 Å². The number of hydrogen-bond donors (Lipinski definition) is 2. The van der Waals surface area contributed by atoms with Gasteiger partial charge in [0.1, 0.15) is 6.33 Å². The highest BCUT2D eigenvalue weighted by molar-refractivity contribution is 5.06. The number of nitrogens with two attached hydrogens (primary N) is 1. The molecule has 0 saturated heterocycles. The van der Waals surface area contributed by atoms with E-state index in [1.165, 1.54) is 25.7 Å². The maximum atomic E-state index is 5.57. The van der Waals surface area contributed by atoms with Crippen molar-refractivity contribution in [1.29, 1.82) is 0 Å². The molecule has 1 aromatic rings. The molecule has 1 aliphatic rings. The van der Waals surface area contributed by atoms with E-state index in [0.717, 1.165) is 5.69 Å². The summed E-state index contributed by atoms with van der Waals surface area (Å²) in [6, 6.07) is 2.13. The lowest BCUT2D eigenvalue weighted by Gasteiger charge is -2.21. The van der Waals surface area contributed by atoms with Crippen LogP contribution >= 0.6 is 0 Å². The fourth-order valence-corrected chi connectivity index (χ4v) is 2.24. The lowest BCUT2D eigenvalue weighted by Crippen LogP contribution is -2.33. The summed E-state index contributed by atoms with van der Waals surface area (Å²) < 4.78 is 0. The quantitative estimate of drug-likeness (QED) is 0.557. The van der Waals surface area contributed by atoms with Crippen molar-refractivity contribution in [3.05, 3.63) is 24.3 Å². The minimum Gasteiger partial charge on any atom is -0.271 e. The van der Waals surface area contributed by atoms with Crippen LogP contribution in [0.15, 0.2) is 18.6 Å². The molecule has 2 rings (SSSR count). The molecular weight excluding hydrogens is 176 g/mol. The highest BCUT2D eigenvalue weighted by Gasteiger charge is 2.26. The van der Waals surface area contributed by atoms with Gasteiger partial charge in [0.05, 0.1) is 11.7 Å². The van der Waals surface area contributed by atoms with Crippen LogP contribution in [0.2, 0.25) is 0 Å². The van der Waals surface area contributed by atoms with Gasteiger partial charge in [-0.3, -0.25) is 11.3 Å². The van der Waals surface area contributed by atoms with Crippen LogP contribution in [0.4, 0.5) is 0 Å². The molecule has 1 aromatic heterocycles. The van der Waals surface area contributed by atoms with Gasteiger partial charge in [0.15, 0.2) is 0 Å². The van der Waals surface area contributed by atoms with Crippen LogP contribution in [-0.4, -0.2) is 9.97 Å². The maximum absolute atomic E-state index is 5.57. The van der Waals surface area contributed by atoms with Gasteiger partial charge in [0, 0.05) is 6.20 Å². The second-order valence-electron chi connectivity index (χ2n) is 3.82. The van der Waals surface area contributed by atoms with Gasteiger partial charge in [-0.1, -0.05) is 12.8 Å². The van der Waals surface area contributed by atoms with E-state index >= 15 is 0 Å². The van der Waals surface area contributed by atoms with Crippen LogP contribution in [0.3, 0.4) is 0 Å². The molecule has 1 heterocycles. The van der Waals surface area contributed by atoms with Crippen molar-refractivity contribution < 1.29 is 0 Å². The molecular formula is C10H16N4. The van der Waals surface area contributed by atoms with E-state index in [4.69, 9.17) is 5.84 Å². The van der Waals surface area contributed by atoms with Gasteiger partial charge in [-0.2, -0.15) is 0 Å². The molecule has 1 fully saturated rings. The molecule has 4 nitrogen and oxygen atoms in total. The first-order valence-corrected chi connectivity index (χ1v) is 5.14. The van der Waals surface area contributed by atoms with E-state index in [9.17, 15) is 0 Å². The smallest absolute Gasteiger partial charge is 0.115 e. The van der Waals surface area contributed by atoms with Gasteiger partial charge >= 0.3 is 0 Å². The van der Waals surface area contributed by atoms with Crippen molar-refractivity contribution in [2.75, 3.05) is 0 Å². The summed E-state index contributed by atoms with van der Waals surface area (Å²) in [4.78, 5) is 8.15. The lowest BCUT2D eigenvalue weighted by atomic mass is 9.96. The van der Waals surface area contributed by atoms with E-state index in [1.54, 1.807) is 12.5 Å². The predicted molar refractivity (Wildman–Crippen MR) is 54.1 cm³/mol. The van der Waals surface area contributed by atoms with Crippen molar-refractivity contribution in [2.24, 2.45) is 11.8 Å². The minimum atomic E-state index is 0.195. The summed E-state index contributed by atoms with van der Waals surface area (Å²) in [5, 5.41) is 0. The Balaban J connectivity index is 2.12. The monoisotopic (exact) mass is 192 g/mol. The zero-order valence-electron chi connectivity index (χ0n) is 8.19. The van der Waals surface area contributed by atoms with Crippen LogP contribution in [0.25, 0.3) is 0 Å². The molecule has 76 valence electrons. The summed E-state index contributed by atoms with van der Waals surface area (Å²) >= 11 is 0. The SMILES string of the molecule is NNC(c1ccncn1)C1CCCC1. The zero-order valence-corrected chi connectivity index (χ0v) is 8.19. The molecule has 1 unspecified atom stereocenters. The average Bonchev–Trinajstić information content (AvgIpc) is 2.74. The Bertz CT molecular complexity index is 269. The maximum Gasteiger partial charge on any atom is 0.115 e. The molecule has 0 aromatic carbocycles. The first-order valence-electron chi connectivity index (χ1n) is 5.14. The second kappa shape index (κ2) is 4.48. The normalized spacial score (nSPS) is 19.8. The lowest BCUT2D eigenvalue weighted by molar-refractivity contribution is 0.366. The topological polar surface area (TPSA) is 63.8 Å². The molecule has 0 spiro atoms. The van der Waals surface area contributed by atoms with Crippen molar-refractivity contribution >= 4 is 0 Å². The fraction of sp³-hybridized carbons (Fsp3) is 0.600. The predicted octanol–water partition coefficient (Wildman–Crippen LogP) is 1.17. The molecule has 0 amide bonds. The Hall–Kier alpha value is -1.00. The van der Waals surface area contributed by atoms with E-state index in [1.807, 2.05) is 6.07 Å². The van der Waals surface area contributed by atoms with Gasteiger partial charge in [0.25, 0.3) is 0 Å². The first kappa shape index (κ1) is 9.55. The standard InChI is InChI=1S/C10H16N4/c11-14-10(8-3-1-2-4-8)9-5-6-12-7-13-9/h5-8,10,14H,1-4,11H2. The second-order valence-corrected chi connectivity index (χ2v) is 3.82. The molecule has 3 N–H and O–H groups in total. The molecule has 0 radical (unpaired) electrons. The van der Waals surface area contributed by atoms with Crippen LogP contribution in [-0.2, 0) is 0 Å². The molecule has 1 saturated carbocycles. The highest BCUT2D eigenvalue weighted by atomic mass is 15.2. The first-order chi connectivity index (χ1) is 6.92. The number of rotatable bonds is 3. The van der Waals surface area contributed by atoms with Crippen LogP contribution in [0, 0.1) is 5.92 Å². The number of hydrogen-bond acceptors (Lipinski definition) is 4. The van der Waals surface area contributed by atoms with Crippen molar-refractivity contribution in [1.82, 2.24) is 15.4 Å². The molecule has 14 heavy (non-hydrogen) atoms. The van der Waals surface area contributed by atoms with E-state index in [0.29, 0.717) is 5.92 Å². The summed E-state index contributed by atoms with van der Waals surface area (Å²) in [6.07, 6.45) is 8.47. The summed E-state index contributed by atoms with van der Waals surface area (Å²) in [5.74, 6) is 6.21. The largest absolute Gasteiger partial charge is 0.271 e. The third-order valence-corrected chi connectivity index (χ3v) is 2.97. The number of aromatic nitrogens is 2. The summed E-state index contributed by atoms with van der Waals surface area (Å²) in [5.41, 5.74) is 3.88. The fourth-order valence-electron chi connectivity index (χ4n) is 2.24. The molecule has 0 bridgehead atoms. The van der Waals surface area contributed by atoms with Crippen LogP contribution in [0.5, 0.6) is 0 Å². The van der Waals surface area contributed by atoms with Gasteiger partial charge in [-0.05, 0) is 24.8 Å². The summed E-state index contributed by atoms with van der Waals surface area (Å²) in [6.45, 7) is 0. The van der Waals surface area contributed by atoms with E-state index < -0.39 is 0 Å². The molecule has 4 heteroatoms.